The SMILES string of the molecule is CNC(=O)c1cc(Oc2ccc3nc(N[C@H](C)C(C)C)sc3c2)ccn1. The number of thiazole rings is 1. The fourth-order valence-corrected chi connectivity index (χ4v) is 3.25. The first-order valence-electron chi connectivity index (χ1n) is 8.49. The zero-order valence-corrected chi connectivity index (χ0v) is 16.1. The molecule has 1 aromatic carbocycles. The number of nitrogens with one attached hydrogen (secondary N) is 2. The minimum atomic E-state index is -0.247. The van der Waals surface area contributed by atoms with Gasteiger partial charge in [-0.15, -0.1) is 0 Å². The molecule has 3 rings (SSSR count). The highest BCUT2D eigenvalue weighted by Crippen LogP contribution is 2.32. The number of rotatable bonds is 6. The molecule has 2 N–H and O–H groups in total. The highest BCUT2D eigenvalue weighted by molar-refractivity contribution is 7.22. The maximum Gasteiger partial charge on any atom is 0.269 e. The lowest BCUT2D eigenvalue weighted by atomic mass is 10.1. The molecule has 0 spiro atoms. The first kappa shape index (κ1) is 18.1. The van der Waals surface area contributed by atoms with Crippen LogP contribution in [-0.2, 0) is 0 Å². The summed E-state index contributed by atoms with van der Waals surface area (Å²) in [7, 11) is 1.57. The van der Waals surface area contributed by atoms with Crippen molar-refractivity contribution >= 4 is 32.6 Å². The van der Waals surface area contributed by atoms with Gasteiger partial charge in [-0.05, 0) is 31.0 Å². The van der Waals surface area contributed by atoms with E-state index in [1.807, 2.05) is 18.2 Å². The summed E-state index contributed by atoms with van der Waals surface area (Å²) in [5.41, 5.74) is 1.25. The van der Waals surface area contributed by atoms with E-state index in [-0.39, 0.29) is 5.91 Å². The van der Waals surface area contributed by atoms with Crippen molar-refractivity contribution in [2.45, 2.75) is 26.8 Å². The number of pyridine rings is 1. The minimum Gasteiger partial charge on any atom is -0.457 e. The summed E-state index contributed by atoms with van der Waals surface area (Å²) in [6.07, 6.45) is 1.56. The zero-order chi connectivity index (χ0) is 18.7. The maximum atomic E-state index is 11.7. The van der Waals surface area contributed by atoms with Crippen LogP contribution in [0.5, 0.6) is 11.5 Å². The number of anilines is 1. The van der Waals surface area contributed by atoms with Crippen LogP contribution in [0.2, 0.25) is 0 Å². The third-order valence-electron chi connectivity index (χ3n) is 4.14. The number of carbonyl (C=O) groups excluding carboxylic acids is 1. The number of fused-ring (bicyclic) bond motifs is 1. The van der Waals surface area contributed by atoms with Crippen LogP contribution in [0.1, 0.15) is 31.3 Å². The van der Waals surface area contributed by atoms with Gasteiger partial charge in [-0.1, -0.05) is 25.2 Å². The Morgan fingerprint density at radius 1 is 1.15 bits per heavy atom. The standard InChI is InChI=1S/C19H22N4O2S/c1-11(2)12(3)22-19-23-15-6-5-13(10-17(15)26-19)25-14-7-8-21-16(9-14)18(24)20-4/h5-12H,1-4H3,(H,20,24)(H,22,23)/t12-/m1/s1. The lowest BCUT2D eigenvalue weighted by Gasteiger charge is -2.16. The lowest BCUT2D eigenvalue weighted by Crippen LogP contribution is -2.21. The topological polar surface area (TPSA) is 76.1 Å². The molecule has 7 heteroatoms. The molecule has 3 aromatic rings. The number of aromatic nitrogens is 2. The van der Waals surface area contributed by atoms with E-state index in [9.17, 15) is 4.79 Å². The van der Waals surface area contributed by atoms with Crippen LogP contribution in [0.25, 0.3) is 10.2 Å². The zero-order valence-electron chi connectivity index (χ0n) is 15.2. The molecule has 0 saturated heterocycles. The quantitative estimate of drug-likeness (QED) is 0.676. The molecule has 0 fully saturated rings. The molecule has 6 nitrogen and oxygen atoms in total. The summed E-state index contributed by atoms with van der Waals surface area (Å²) < 4.78 is 6.93. The van der Waals surface area contributed by atoms with E-state index in [2.05, 4.69) is 41.4 Å². The highest BCUT2D eigenvalue weighted by atomic mass is 32.1. The lowest BCUT2D eigenvalue weighted by molar-refractivity contribution is 0.0958. The van der Waals surface area contributed by atoms with Crippen molar-refractivity contribution in [3.05, 3.63) is 42.2 Å². The molecule has 0 bridgehead atoms. The number of carbonyl (C=O) groups is 1. The number of amides is 1. The summed E-state index contributed by atoms with van der Waals surface area (Å²) in [4.78, 5) is 20.3. The fourth-order valence-electron chi connectivity index (χ4n) is 2.25. The largest absolute Gasteiger partial charge is 0.457 e. The van der Waals surface area contributed by atoms with Crippen LogP contribution in [0.4, 0.5) is 5.13 Å². The Hall–Kier alpha value is -2.67. The molecule has 0 aliphatic rings. The molecule has 0 saturated carbocycles. The number of ether oxygens (including phenoxy) is 1. The van der Waals surface area contributed by atoms with Gasteiger partial charge in [0.1, 0.15) is 17.2 Å². The number of benzene rings is 1. The molecular weight excluding hydrogens is 348 g/mol. The predicted octanol–water partition coefficient (Wildman–Crippen LogP) is 4.30. The van der Waals surface area contributed by atoms with Crippen molar-refractivity contribution in [3.8, 4) is 11.5 Å². The van der Waals surface area contributed by atoms with E-state index < -0.39 is 0 Å². The van der Waals surface area contributed by atoms with Crippen molar-refractivity contribution in [1.82, 2.24) is 15.3 Å². The second kappa shape index (κ2) is 7.70. The molecule has 0 radical (unpaired) electrons. The van der Waals surface area contributed by atoms with Crippen LogP contribution >= 0.6 is 11.3 Å². The Morgan fingerprint density at radius 3 is 2.65 bits per heavy atom. The molecular formula is C19H22N4O2S. The van der Waals surface area contributed by atoms with Gasteiger partial charge in [-0.25, -0.2) is 4.98 Å². The van der Waals surface area contributed by atoms with E-state index in [0.29, 0.717) is 29.2 Å². The summed E-state index contributed by atoms with van der Waals surface area (Å²) in [6, 6.07) is 9.46. The third-order valence-corrected chi connectivity index (χ3v) is 5.09. The van der Waals surface area contributed by atoms with Crippen molar-refractivity contribution in [3.63, 3.8) is 0 Å². The maximum absolute atomic E-state index is 11.7. The second-order valence-electron chi connectivity index (χ2n) is 6.38. The van der Waals surface area contributed by atoms with E-state index in [4.69, 9.17) is 4.74 Å². The first-order valence-corrected chi connectivity index (χ1v) is 9.31. The van der Waals surface area contributed by atoms with Gasteiger partial charge in [0.15, 0.2) is 5.13 Å². The summed E-state index contributed by atoms with van der Waals surface area (Å²) in [5.74, 6) is 1.54. The van der Waals surface area contributed by atoms with Crippen molar-refractivity contribution in [2.75, 3.05) is 12.4 Å². The highest BCUT2D eigenvalue weighted by Gasteiger charge is 2.11. The van der Waals surface area contributed by atoms with Gasteiger partial charge in [0.25, 0.3) is 5.91 Å². The Labute approximate surface area is 156 Å². The van der Waals surface area contributed by atoms with E-state index in [0.717, 1.165) is 15.3 Å². The predicted molar refractivity (Wildman–Crippen MR) is 105 cm³/mol. The fraction of sp³-hybridized carbons (Fsp3) is 0.316. The van der Waals surface area contributed by atoms with Gasteiger partial charge in [-0.2, -0.15) is 0 Å². The molecule has 0 aliphatic heterocycles. The Kier molecular flexibility index (Phi) is 5.37. The molecule has 2 heterocycles. The summed E-state index contributed by atoms with van der Waals surface area (Å²) in [5, 5.41) is 6.90. The molecule has 1 atom stereocenters. The van der Waals surface area contributed by atoms with Crippen LogP contribution in [0.15, 0.2) is 36.5 Å². The Balaban J connectivity index is 1.80. The van der Waals surface area contributed by atoms with Crippen LogP contribution < -0.4 is 15.4 Å². The minimum absolute atomic E-state index is 0.247. The Morgan fingerprint density at radius 2 is 1.92 bits per heavy atom. The van der Waals surface area contributed by atoms with Gasteiger partial charge in [0, 0.05) is 31.4 Å². The molecule has 1 amide bonds. The molecule has 0 unspecified atom stereocenters. The van der Waals surface area contributed by atoms with Crippen molar-refractivity contribution < 1.29 is 9.53 Å². The van der Waals surface area contributed by atoms with Crippen LogP contribution in [0, 0.1) is 5.92 Å². The average molecular weight is 370 g/mol. The number of hydrogen-bond donors (Lipinski definition) is 2. The number of nitrogens with zero attached hydrogens (tertiary/aromatic N) is 2. The average Bonchev–Trinajstić information content (AvgIpc) is 3.02. The van der Waals surface area contributed by atoms with Gasteiger partial charge < -0.3 is 15.4 Å². The second-order valence-corrected chi connectivity index (χ2v) is 7.41. The first-order chi connectivity index (χ1) is 12.5. The van der Waals surface area contributed by atoms with E-state index in [1.54, 1.807) is 36.7 Å². The summed E-state index contributed by atoms with van der Waals surface area (Å²) >= 11 is 1.60. The monoisotopic (exact) mass is 370 g/mol. The van der Waals surface area contributed by atoms with Gasteiger partial charge in [0.2, 0.25) is 0 Å². The smallest absolute Gasteiger partial charge is 0.269 e. The van der Waals surface area contributed by atoms with Crippen molar-refractivity contribution in [2.24, 2.45) is 5.92 Å². The molecule has 136 valence electrons. The van der Waals surface area contributed by atoms with Crippen molar-refractivity contribution in [1.29, 1.82) is 0 Å². The van der Waals surface area contributed by atoms with Gasteiger partial charge in [0.05, 0.1) is 10.2 Å². The van der Waals surface area contributed by atoms with E-state index in [1.165, 1.54) is 0 Å². The normalized spacial score (nSPS) is 12.2. The van der Waals surface area contributed by atoms with Gasteiger partial charge in [-0.3, -0.25) is 9.78 Å². The van der Waals surface area contributed by atoms with Crippen LogP contribution in [-0.4, -0.2) is 29.0 Å². The molecule has 26 heavy (non-hydrogen) atoms. The number of hydrogen-bond acceptors (Lipinski definition) is 6. The molecule has 2 aromatic heterocycles. The van der Waals surface area contributed by atoms with E-state index >= 15 is 0 Å². The Bertz CT molecular complexity index is 923. The van der Waals surface area contributed by atoms with Crippen LogP contribution in [0.3, 0.4) is 0 Å². The summed E-state index contributed by atoms with van der Waals surface area (Å²) in [6.45, 7) is 6.51. The third kappa shape index (κ3) is 4.11. The molecule has 0 aliphatic carbocycles. The van der Waals surface area contributed by atoms with Gasteiger partial charge >= 0.3 is 0 Å².